The Bertz CT molecular complexity index is 1160. The van der Waals surface area contributed by atoms with E-state index in [1.165, 1.54) is 46.8 Å². The van der Waals surface area contributed by atoms with Gasteiger partial charge in [-0.05, 0) is 55.7 Å². The molecule has 0 atom stereocenters. The fraction of sp³-hybridized carbons (Fsp3) is 0.368. The molecule has 0 bridgehead atoms. The Hall–Kier alpha value is -1.84. The van der Waals surface area contributed by atoms with Gasteiger partial charge in [0.25, 0.3) is 0 Å². The molecule has 2 heterocycles. The number of thiophene rings is 1. The summed E-state index contributed by atoms with van der Waals surface area (Å²) in [6.07, 6.45) is 6.29. The summed E-state index contributed by atoms with van der Waals surface area (Å²) < 4.78 is 24.5. The Labute approximate surface area is 172 Å². The van der Waals surface area contributed by atoms with Crippen molar-refractivity contribution < 1.29 is 13.5 Å². The van der Waals surface area contributed by atoms with Gasteiger partial charge in [-0.15, -0.1) is 11.3 Å². The van der Waals surface area contributed by atoms with E-state index in [0.717, 1.165) is 29.5 Å². The van der Waals surface area contributed by atoms with Gasteiger partial charge in [0, 0.05) is 4.88 Å². The van der Waals surface area contributed by atoms with Gasteiger partial charge in [-0.25, -0.2) is 18.4 Å². The highest BCUT2D eigenvalue weighted by molar-refractivity contribution is 7.98. The molecule has 148 valence electrons. The van der Waals surface area contributed by atoms with E-state index in [9.17, 15) is 13.5 Å². The molecule has 1 aliphatic rings. The number of sulfone groups is 1. The molecular weight excluding hydrogens is 414 g/mol. The molecule has 0 fully saturated rings. The summed E-state index contributed by atoms with van der Waals surface area (Å²) in [7, 11) is -3.37. The molecule has 2 N–H and O–H groups in total. The van der Waals surface area contributed by atoms with E-state index in [-0.39, 0.29) is 16.4 Å². The third kappa shape index (κ3) is 3.46. The number of phenols is 1. The maximum absolute atomic E-state index is 12.2. The average molecular weight is 436 g/mol. The number of rotatable bonds is 5. The summed E-state index contributed by atoms with van der Waals surface area (Å²) in [5.74, 6) is 0.607. The molecule has 0 saturated heterocycles. The van der Waals surface area contributed by atoms with Gasteiger partial charge in [-0.1, -0.05) is 18.7 Å². The molecule has 0 spiro atoms. The van der Waals surface area contributed by atoms with E-state index < -0.39 is 9.84 Å². The normalized spacial score (nSPS) is 14.2. The topological polar surface area (TPSA) is 92.2 Å². The summed E-state index contributed by atoms with van der Waals surface area (Å²) in [6, 6.07) is 4.30. The number of phenolic OH excluding ortho intramolecular Hbond substituents is 1. The fourth-order valence-corrected chi connectivity index (χ4v) is 6.01. The van der Waals surface area contributed by atoms with Crippen LogP contribution in [0.15, 0.2) is 28.3 Å². The van der Waals surface area contributed by atoms with E-state index in [4.69, 9.17) is 0 Å². The van der Waals surface area contributed by atoms with Crippen LogP contribution in [0.3, 0.4) is 0 Å². The van der Waals surface area contributed by atoms with Crippen LogP contribution in [0.2, 0.25) is 0 Å². The Kier molecular flexibility index (Phi) is 5.24. The highest BCUT2D eigenvalue weighted by atomic mass is 32.2. The number of fused-ring (bicyclic) bond motifs is 3. The number of aromatic nitrogens is 2. The number of benzene rings is 1. The summed E-state index contributed by atoms with van der Waals surface area (Å²) in [5, 5.41) is 15.1. The van der Waals surface area contributed by atoms with Crippen molar-refractivity contribution >= 4 is 54.7 Å². The Balaban J connectivity index is 1.86. The first kappa shape index (κ1) is 19.5. The standard InChI is InChI=1S/C19H21N3O3S3/c1-3-28(24,25)11-8-9-14(23)13(10-11)20-17-16-12-6-4-5-7-15(12)27-18(16)22-19(21-17)26-2/h8-10,23H,3-7H2,1-2H3,(H,20,21,22). The maximum atomic E-state index is 12.2. The van der Waals surface area contributed by atoms with Gasteiger partial charge >= 0.3 is 0 Å². The van der Waals surface area contributed by atoms with Crippen LogP contribution in [-0.2, 0) is 22.7 Å². The highest BCUT2D eigenvalue weighted by Crippen LogP contribution is 2.41. The average Bonchev–Trinajstić information content (AvgIpc) is 3.08. The van der Waals surface area contributed by atoms with Crippen molar-refractivity contribution in [3.05, 3.63) is 28.6 Å². The summed E-state index contributed by atoms with van der Waals surface area (Å²) in [6.45, 7) is 1.60. The maximum Gasteiger partial charge on any atom is 0.190 e. The van der Waals surface area contributed by atoms with E-state index in [2.05, 4.69) is 15.3 Å². The summed E-state index contributed by atoms with van der Waals surface area (Å²) in [5.41, 5.74) is 1.61. The summed E-state index contributed by atoms with van der Waals surface area (Å²) >= 11 is 3.16. The molecule has 0 unspecified atom stereocenters. The minimum Gasteiger partial charge on any atom is -0.506 e. The van der Waals surface area contributed by atoms with E-state index in [1.807, 2.05) is 6.26 Å². The van der Waals surface area contributed by atoms with Crippen LogP contribution in [0.5, 0.6) is 5.75 Å². The predicted octanol–water partition coefficient (Wildman–Crippen LogP) is 4.53. The molecule has 6 nitrogen and oxygen atoms in total. The van der Waals surface area contributed by atoms with Crippen molar-refractivity contribution in [1.29, 1.82) is 0 Å². The Morgan fingerprint density at radius 3 is 2.79 bits per heavy atom. The number of nitrogens with one attached hydrogen (secondary N) is 1. The zero-order chi connectivity index (χ0) is 19.9. The van der Waals surface area contributed by atoms with Crippen LogP contribution in [0.1, 0.15) is 30.2 Å². The van der Waals surface area contributed by atoms with Crippen LogP contribution in [0.4, 0.5) is 11.5 Å². The van der Waals surface area contributed by atoms with Crippen molar-refractivity contribution in [1.82, 2.24) is 9.97 Å². The molecule has 0 saturated carbocycles. The molecule has 2 aromatic heterocycles. The minimum absolute atomic E-state index is 0.00360. The van der Waals surface area contributed by atoms with Gasteiger partial charge in [-0.2, -0.15) is 0 Å². The van der Waals surface area contributed by atoms with Crippen LogP contribution in [-0.4, -0.2) is 35.5 Å². The molecule has 3 aromatic rings. The van der Waals surface area contributed by atoms with Crippen molar-refractivity contribution in [3.63, 3.8) is 0 Å². The third-order valence-corrected chi connectivity index (χ3v) is 8.40. The first-order valence-electron chi connectivity index (χ1n) is 9.12. The van der Waals surface area contributed by atoms with Crippen LogP contribution in [0.25, 0.3) is 10.2 Å². The lowest BCUT2D eigenvalue weighted by molar-refractivity contribution is 0.477. The van der Waals surface area contributed by atoms with Crippen molar-refractivity contribution in [2.45, 2.75) is 42.7 Å². The molecule has 9 heteroatoms. The molecule has 0 radical (unpaired) electrons. The zero-order valence-electron chi connectivity index (χ0n) is 15.7. The first-order valence-corrected chi connectivity index (χ1v) is 12.8. The number of aromatic hydroxyl groups is 1. The van der Waals surface area contributed by atoms with Gasteiger partial charge in [-0.3, -0.25) is 0 Å². The van der Waals surface area contributed by atoms with E-state index in [1.54, 1.807) is 18.3 Å². The van der Waals surface area contributed by atoms with Gasteiger partial charge in [0.1, 0.15) is 16.4 Å². The van der Waals surface area contributed by atoms with Gasteiger partial charge < -0.3 is 10.4 Å². The number of hydrogen-bond acceptors (Lipinski definition) is 8. The smallest absolute Gasteiger partial charge is 0.190 e. The van der Waals surface area contributed by atoms with Gasteiger partial charge in [0.2, 0.25) is 0 Å². The lowest BCUT2D eigenvalue weighted by Gasteiger charge is -2.14. The molecule has 4 rings (SSSR count). The second-order valence-corrected chi connectivity index (χ2v) is 10.8. The number of thioether (sulfide) groups is 1. The number of aryl methyl sites for hydroxylation is 2. The quantitative estimate of drug-likeness (QED) is 0.345. The Morgan fingerprint density at radius 1 is 1.25 bits per heavy atom. The van der Waals surface area contributed by atoms with Crippen molar-refractivity contribution in [3.8, 4) is 5.75 Å². The van der Waals surface area contributed by atoms with Crippen LogP contribution >= 0.6 is 23.1 Å². The lowest BCUT2D eigenvalue weighted by atomic mass is 9.97. The Morgan fingerprint density at radius 2 is 2.04 bits per heavy atom. The predicted molar refractivity (Wildman–Crippen MR) is 115 cm³/mol. The van der Waals surface area contributed by atoms with Crippen molar-refractivity contribution in [2.75, 3.05) is 17.3 Å². The third-order valence-electron chi connectivity index (χ3n) is 4.94. The first-order chi connectivity index (χ1) is 13.4. The lowest BCUT2D eigenvalue weighted by Crippen LogP contribution is -2.05. The SMILES string of the molecule is CCS(=O)(=O)c1ccc(O)c(Nc2nc(SC)nc3sc4c(c23)CCCC4)c1. The summed E-state index contributed by atoms with van der Waals surface area (Å²) in [4.78, 5) is 11.8. The molecule has 1 aliphatic carbocycles. The monoisotopic (exact) mass is 435 g/mol. The van der Waals surface area contributed by atoms with Crippen LogP contribution < -0.4 is 5.32 Å². The highest BCUT2D eigenvalue weighted by Gasteiger charge is 2.22. The number of hydrogen-bond donors (Lipinski definition) is 2. The molecule has 0 aliphatic heterocycles. The van der Waals surface area contributed by atoms with Gasteiger partial charge in [0.05, 0.1) is 21.7 Å². The second-order valence-electron chi connectivity index (χ2n) is 6.66. The van der Waals surface area contributed by atoms with Crippen LogP contribution in [0, 0.1) is 0 Å². The molecule has 1 aromatic carbocycles. The fourth-order valence-electron chi connectivity index (χ4n) is 3.42. The molecular formula is C19H21N3O3S3. The minimum atomic E-state index is -3.37. The van der Waals surface area contributed by atoms with Gasteiger partial charge in [0.15, 0.2) is 15.0 Å². The second kappa shape index (κ2) is 7.53. The number of anilines is 2. The van der Waals surface area contributed by atoms with Crippen molar-refractivity contribution in [2.24, 2.45) is 0 Å². The molecule has 0 amide bonds. The van der Waals surface area contributed by atoms with E-state index >= 15 is 0 Å². The van der Waals surface area contributed by atoms with E-state index in [0.29, 0.717) is 16.7 Å². The largest absolute Gasteiger partial charge is 0.506 e. The zero-order valence-corrected chi connectivity index (χ0v) is 18.1. The molecule has 28 heavy (non-hydrogen) atoms. The number of nitrogens with zero attached hydrogens (tertiary/aromatic N) is 2.